The molecule has 0 aromatic heterocycles. The second kappa shape index (κ2) is 8.83. The van der Waals surface area contributed by atoms with Crippen LogP contribution in [-0.4, -0.2) is 36.6 Å². The summed E-state index contributed by atoms with van der Waals surface area (Å²) in [5.74, 6) is 0.274. The number of imide groups is 1. The van der Waals surface area contributed by atoms with Crippen LogP contribution in [0.25, 0.3) is 0 Å². The third kappa shape index (κ3) is 4.30. The van der Waals surface area contributed by atoms with Crippen molar-refractivity contribution in [1.29, 1.82) is 0 Å². The molecule has 0 aliphatic carbocycles. The molecular weight excluding hydrogens is 352 g/mol. The van der Waals surface area contributed by atoms with Gasteiger partial charge in [0.1, 0.15) is 5.75 Å². The topological polar surface area (TPSA) is 59.0 Å². The summed E-state index contributed by atoms with van der Waals surface area (Å²) >= 11 is 0. The Morgan fingerprint density at radius 1 is 1.11 bits per heavy atom. The summed E-state index contributed by atoms with van der Waals surface area (Å²) in [4.78, 5) is 31.9. The Balaban J connectivity index is 1.87. The Labute approximate surface area is 166 Å². The van der Waals surface area contributed by atoms with Crippen LogP contribution in [0.1, 0.15) is 47.7 Å². The molecular formula is C23H26N2O3. The van der Waals surface area contributed by atoms with Gasteiger partial charge in [0.2, 0.25) is 5.91 Å². The SMILES string of the molecule is COc1ccc(CN2C(=O)c3ccccc3C(C=NCCC(C)C)C2=O)cc1. The van der Waals surface area contributed by atoms with E-state index in [1.54, 1.807) is 19.4 Å². The summed E-state index contributed by atoms with van der Waals surface area (Å²) in [5.41, 5.74) is 2.17. The molecule has 0 radical (unpaired) electrons. The standard InChI is InChI=1S/C23H26N2O3/c1-16(2)12-13-24-14-21-19-6-4-5-7-20(19)22(26)25(23(21)27)15-17-8-10-18(28-3)11-9-17/h4-11,14,16,21H,12-13,15H2,1-3H3. The fraction of sp³-hybridized carbons (Fsp3) is 0.348. The molecule has 5 nitrogen and oxygen atoms in total. The molecule has 0 saturated heterocycles. The number of rotatable bonds is 7. The van der Waals surface area contributed by atoms with E-state index in [2.05, 4.69) is 18.8 Å². The molecule has 0 bridgehead atoms. The monoisotopic (exact) mass is 378 g/mol. The molecule has 2 aromatic carbocycles. The van der Waals surface area contributed by atoms with E-state index in [0.717, 1.165) is 23.3 Å². The lowest BCUT2D eigenvalue weighted by Crippen LogP contribution is -2.44. The van der Waals surface area contributed by atoms with E-state index in [0.29, 0.717) is 18.0 Å². The van der Waals surface area contributed by atoms with Crippen LogP contribution in [0.15, 0.2) is 53.5 Å². The van der Waals surface area contributed by atoms with Crippen molar-refractivity contribution in [1.82, 2.24) is 4.90 Å². The van der Waals surface area contributed by atoms with Crippen LogP contribution >= 0.6 is 0 Å². The highest BCUT2D eigenvalue weighted by Gasteiger charge is 2.37. The average molecular weight is 378 g/mol. The third-order valence-electron chi connectivity index (χ3n) is 4.89. The van der Waals surface area contributed by atoms with Crippen molar-refractivity contribution in [2.75, 3.05) is 13.7 Å². The van der Waals surface area contributed by atoms with Crippen LogP contribution < -0.4 is 4.74 Å². The minimum atomic E-state index is -0.528. The molecule has 1 aliphatic rings. The van der Waals surface area contributed by atoms with E-state index in [4.69, 9.17) is 4.74 Å². The molecule has 2 amide bonds. The summed E-state index contributed by atoms with van der Waals surface area (Å²) in [5, 5.41) is 0. The molecule has 0 N–H and O–H groups in total. The van der Waals surface area contributed by atoms with Crippen molar-refractivity contribution in [2.24, 2.45) is 10.9 Å². The molecule has 1 atom stereocenters. The number of carbonyl (C=O) groups excluding carboxylic acids is 2. The first-order valence-electron chi connectivity index (χ1n) is 9.58. The van der Waals surface area contributed by atoms with Gasteiger partial charge in [-0.1, -0.05) is 44.2 Å². The van der Waals surface area contributed by atoms with Gasteiger partial charge in [-0.25, -0.2) is 0 Å². The van der Waals surface area contributed by atoms with Gasteiger partial charge in [-0.2, -0.15) is 0 Å². The number of ether oxygens (including phenoxy) is 1. The minimum absolute atomic E-state index is 0.229. The Morgan fingerprint density at radius 3 is 2.50 bits per heavy atom. The van der Waals surface area contributed by atoms with E-state index in [9.17, 15) is 9.59 Å². The van der Waals surface area contributed by atoms with E-state index in [-0.39, 0.29) is 18.4 Å². The maximum atomic E-state index is 13.1. The van der Waals surface area contributed by atoms with Crippen molar-refractivity contribution in [3.8, 4) is 5.75 Å². The van der Waals surface area contributed by atoms with Crippen molar-refractivity contribution in [2.45, 2.75) is 32.7 Å². The van der Waals surface area contributed by atoms with Gasteiger partial charge in [0.15, 0.2) is 0 Å². The van der Waals surface area contributed by atoms with Crippen LogP contribution in [0.3, 0.4) is 0 Å². The summed E-state index contributed by atoms with van der Waals surface area (Å²) in [7, 11) is 1.60. The molecule has 0 spiro atoms. The van der Waals surface area contributed by atoms with Gasteiger partial charge in [-0.3, -0.25) is 19.5 Å². The van der Waals surface area contributed by atoms with Crippen LogP contribution in [0.4, 0.5) is 0 Å². The summed E-state index contributed by atoms with van der Waals surface area (Å²) in [6, 6.07) is 14.7. The molecule has 1 unspecified atom stereocenters. The fourth-order valence-electron chi connectivity index (χ4n) is 3.23. The predicted octanol–water partition coefficient (Wildman–Crippen LogP) is 4.08. The molecule has 5 heteroatoms. The van der Waals surface area contributed by atoms with E-state index >= 15 is 0 Å². The lowest BCUT2D eigenvalue weighted by atomic mass is 9.89. The lowest BCUT2D eigenvalue weighted by Gasteiger charge is -2.31. The maximum absolute atomic E-state index is 13.1. The van der Waals surface area contributed by atoms with Crippen LogP contribution in [0, 0.1) is 5.92 Å². The Kier molecular flexibility index (Phi) is 6.24. The number of amides is 2. The number of aliphatic imine (C=N–C) groups is 1. The molecule has 146 valence electrons. The van der Waals surface area contributed by atoms with E-state index in [1.807, 2.05) is 42.5 Å². The highest BCUT2D eigenvalue weighted by Crippen LogP contribution is 2.29. The molecule has 0 saturated carbocycles. The highest BCUT2D eigenvalue weighted by molar-refractivity contribution is 6.16. The van der Waals surface area contributed by atoms with Gasteiger partial charge in [0, 0.05) is 18.3 Å². The predicted molar refractivity (Wildman–Crippen MR) is 110 cm³/mol. The molecule has 1 aliphatic heterocycles. The number of carbonyl (C=O) groups is 2. The molecule has 28 heavy (non-hydrogen) atoms. The van der Waals surface area contributed by atoms with Crippen molar-refractivity contribution < 1.29 is 14.3 Å². The van der Waals surface area contributed by atoms with Gasteiger partial charge in [-0.05, 0) is 41.7 Å². The van der Waals surface area contributed by atoms with Gasteiger partial charge in [0.05, 0.1) is 19.6 Å². The highest BCUT2D eigenvalue weighted by atomic mass is 16.5. The van der Waals surface area contributed by atoms with Gasteiger partial charge < -0.3 is 4.74 Å². The fourth-order valence-corrected chi connectivity index (χ4v) is 3.23. The van der Waals surface area contributed by atoms with Gasteiger partial charge in [-0.15, -0.1) is 0 Å². The first kappa shape index (κ1) is 19.8. The molecule has 2 aromatic rings. The van der Waals surface area contributed by atoms with Crippen LogP contribution in [-0.2, 0) is 11.3 Å². The smallest absolute Gasteiger partial charge is 0.261 e. The van der Waals surface area contributed by atoms with Crippen LogP contribution in [0.2, 0.25) is 0 Å². The maximum Gasteiger partial charge on any atom is 0.261 e. The largest absolute Gasteiger partial charge is 0.497 e. The first-order valence-corrected chi connectivity index (χ1v) is 9.58. The van der Waals surface area contributed by atoms with Crippen molar-refractivity contribution in [3.63, 3.8) is 0 Å². The quantitative estimate of drug-likeness (QED) is 0.539. The summed E-state index contributed by atoms with van der Waals surface area (Å²) < 4.78 is 5.17. The van der Waals surface area contributed by atoms with E-state index in [1.165, 1.54) is 4.90 Å². The number of fused-ring (bicyclic) bond motifs is 1. The lowest BCUT2D eigenvalue weighted by molar-refractivity contribution is -0.129. The Hall–Kier alpha value is -2.95. The Morgan fingerprint density at radius 2 is 1.82 bits per heavy atom. The normalized spacial score (nSPS) is 16.7. The number of hydrogen-bond donors (Lipinski definition) is 0. The zero-order valence-electron chi connectivity index (χ0n) is 16.6. The zero-order chi connectivity index (χ0) is 20.1. The van der Waals surface area contributed by atoms with Crippen LogP contribution in [0.5, 0.6) is 5.75 Å². The van der Waals surface area contributed by atoms with Gasteiger partial charge in [0.25, 0.3) is 5.91 Å². The zero-order valence-corrected chi connectivity index (χ0v) is 16.6. The number of methoxy groups -OCH3 is 1. The number of benzene rings is 2. The second-order valence-electron chi connectivity index (χ2n) is 7.38. The van der Waals surface area contributed by atoms with Gasteiger partial charge >= 0.3 is 0 Å². The molecule has 3 rings (SSSR count). The first-order chi connectivity index (χ1) is 13.5. The summed E-state index contributed by atoms with van der Waals surface area (Å²) in [6.45, 7) is 5.19. The van der Waals surface area contributed by atoms with E-state index < -0.39 is 5.92 Å². The minimum Gasteiger partial charge on any atom is -0.497 e. The summed E-state index contributed by atoms with van der Waals surface area (Å²) in [6.07, 6.45) is 2.67. The molecule has 1 heterocycles. The van der Waals surface area contributed by atoms with Crippen molar-refractivity contribution in [3.05, 3.63) is 65.2 Å². The second-order valence-corrected chi connectivity index (χ2v) is 7.38. The Bertz CT molecular complexity index is 872. The van der Waals surface area contributed by atoms with Crippen molar-refractivity contribution >= 4 is 18.0 Å². The molecule has 0 fully saturated rings. The number of hydrogen-bond acceptors (Lipinski definition) is 4. The third-order valence-corrected chi connectivity index (χ3v) is 4.89. The average Bonchev–Trinajstić information content (AvgIpc) is 2.71. The number of nitrogens with zero attached hydrogens (tertiary/aromatic N) is 2.